The molecule has 1 rings (SSSR count). The zero-order valence-electron chi connectivity index (χ0n) is 8.74. The van der Waals surface area contributed by atoms with Gasteiger partial charge in [-0.15, -0.1) is 0 Å². The number of hydrogen-bond acceptors (Lipinski definition) is 2. The van der Waals surface area contributed by atoms with Gasteiger partial charge in [-0.3, -0.25) is 4.79 Å². The third kappa shape index (κ3) is 3.81. The lowest BCUT2D eigenvalue weighted by Gasteiger charge is -2.06. The standard InChI is InChI=1S/C11H12F2O2S/c1-7(11(14)15)5-16-6-8-2-3-9(12)4-10(8)13/h2-4,7H,5-6H2,1H3,(H,14,15). The molecule has 0 fully saturated rings. The molecule has 0 heterocycles. The van der Waals surface area contributed by atoms with Crippen LogP contribution in [0.3, 0.4) is 0 Å². The summed E-state index contributed by atoms with van der Waals surface area (Å²) in [5.74, 6) is -1.77. The van der Waals surface area contributed by atoms with Gasteiger partial charge in [0.25, 0.3) is 0 Å². The summed E-state index contributed by atoms with van der Waals surface area (Å²) in [6, 6.07) is 3.40. The lowest BCUT2D eigenvalue weighted by atomic mass is 10.2. The Morgan fingerprint density at radius 2 is 2.19 bits per heavy atom. The number of aliphatic carboxylic acids is 1. The Labute approximate surface area is 96.7 Å². The number of carboxylic acid groups (broad SMARTS) is 1. The molecule has 0 spiro atoms. The smallest absolute Gasteiger partial charge is 0.307 e. The zero-order valence-corrected chi connectivity index (χ0v) is 9.56. The minimum Gasteiger partial charge on any atom is -0.481 e. The Bertz CT molecular complexity index is 382. The van der Waals surface area contributed by atoms with Crippen molar-refractivity contribution in [2.24, 2.45) is 5.92 Å². The van der Waals surface area contributed by atoms with Gasteiger partial charge in [-0.05, 0) is 11.6 Å². The molecule has 0 bridgehead atoms. The van der Waals surface area contributed by atoms with Crippen molar-refractivity contribution in [2.45, 2.75) is 12.7 Å². The summed E-state index contributed by atoms with van der Waals surface area (Å²) in [7, 11) is 0. The molecule has 5 heteroatoms. The van der Waals surface area contributed by atoms with Gasteiger partial charge in [0, 0.05) is 17.6 Å². The van der Waals surface area contributed by atoms with Crippen LogP contribution in [0, 0.1) is 17.6 Å². The molecule has 16 heavy (non-hydrogen) atoms. The van der Waals surface area contributed by atoms with Gasteiger partial charge in [-0.25, -0.2) is 8.78 Å². The minimum atomic E-state index is -0.868. The van der Waals surface area contributed by atoms with Crippen LogP contribution in [0.1, 0.15) is 12.5 Å². The summed E-state index contributed by atoms with van der Waals surface area (Å²) in [5, 5.41) is 8.63. The van der Waals surface area contributed by atoms with Crippen LogP contribution in [0.25, 0.3) is 0 Å². The third-order valence-corrected chi connectivity index (χ3v) is 3.31. The summed E-state index contributed by atoms with van der Waals surface area (Å²) in [6.07, 6.45) is 0. The maximum absolute atomic E-state index is 13.2. The van der Waals surface area contributed by atoms with Crippen LogP contribution in [0.15, 0.2) is 18.2 Å². The highest BCUT2D eigenvalue weighted by molar-refractivity contribution is 7.98. The number of thioether (sulfide) groups is 1. The SMILES string of the molecule is CC(CSCc1ccc(F)cc1F)C(=O)O. The van der Waals surface area contributed by atoms with E-state index >= 15 is 0 Å². The first kappa shape index (κ1) is 13.0. The molecule has 0 aliphatic rings. The van der Waals surface area contributed by atoms with Gasteiger partial charge in [0.15, 0.2) is 0 Å². The second kappa shape index (κ2) is 5.84. The largest absolute Gasteiger partial charge is 0.481 e. The van der Waals surface area contributed by atoms with E-state index in [9.17, 15) is 13.6 Å². The highest BCUT2D eigenvalue weighted by atomic mass is 32.2. The lowest BCUT2D eigenvalue weighted by molar-refractivity contribution is -0.140. The third-order valence-electron chi connectivity index (χ3n) is 2.06. The van der Waals surface area contributed by atoms with E-state index < -0.39 is 23.5 Å². The van der Waals surface area contributed by atoms with Crippen molar-refractivity contribution in [3.63, 3.8) is 0 Å². The molecule has 0 aromatic heterocycles. The molecule has 0 radical (unpaired) electrons. The monoisotopic (exact) mass is 246 g/mol. The predicted molar refractivity (Wildman–Crippen MR) is 59.3 cm³/mol. The van der Waals surface area contributed by atoms with Crippen molar-refractivity contribution < 1.29 is 18.7 Å². The second-order valence-corrected chi connectivity index (χ2v) is 4.52. The Hall–Kier alpha value is -1.10. The first-order valence-electron chi connectivity index (χ1n) is 4.75. The van der Waals surface area contributed by atoms with Crippen LogP contribution in [0.4, 0.5) is 8.78 Å². The zero-order chi connectivity index (χ0) is 12.1. The molecule has 0 aliphatic carbocycles. The molecule has 1 atom stereocenters. The summed E-state index contributed by atoms with van der Waals surface area (Å²) >= 11 is 1.32. The van der Waals surface area contributed by atoms with Crippen LogP contribution in [0.2, 0.25) is 0 Å². The maximum Gasteiger partial charge on any atom is 0.307 e. The number of benzene rings is 1. The number of halogens is 2. The van der Waals surface area contributed by atoms with Gasteiger partial charge in [0.05, 0.1) is 5.92 Å². The van der Waals surface area contributed by atoms with Crippen molar-refractivity contribution in [3.8, 4) is 0 Å². The van der Waals surface area contributed by atoms with Crippen LogP contribution < -0.4 is 0 Å². The normalized spacial score (nSPS) is 12.4. The van der Waals surface area contributed by atoms with E-state index in [1.54, 1.807) is 6.92 Å². The number of rotatable bonds is 5. The van der Waals surface area contributed by atoms with E-state index in [4.69, 9.17) is 5.11 Å². The Morgan fingerprint density at radius 3 is 2.75 bits per heavy atom. The molecule has 2 nitrogen and oxygen atoms in total. The number of hydrogen-bond donors (Lipinski definition) is 1. The Kier molecular flexibility index (Phi) is 4.73. The summed E-state index contributed by atoms with van der Waals surface area (Å²) < 4.78 is 25.7. The Balaban J connectivity index is 2.46. The van der Waals surface area contributed by atoms with Crippen LogP contribution in [-0.4, -0.2) is 16.8 Å². The van der Waals surface area contributed by atoms with E-state index in [2.05, 4.69) is 0 Å². The van der Waals surface area contributed by atoms with Gasteiger partial charge in [-0.1, -0.05) is 13.0 Å². The van der Waals surface area contributed by atoms with E-state index in [1.165, 1.54) is 23.9 Å². The van der Waals surface area contributed by atoms with E-state index in [1.807, 2.05) is 0 Å². The molecular formula is C11H12F2O2S. The second-order valence-electron chi connectivity index (χ2n) is 3.49. The summed E-state index contributed by atoms with van der Waals surface area (Å²) in [5.41, 5.74) is 0.393. The maximum atomic E-state index is 13.2. The molecule has 0 amide bonds. The van der Waals surface area contributed by atoms with Gasteiger partial charge in [0.2, 0.25) is 0 Å². The highest BCUT2D eigenvalue weighted by Gasteiger charge is 2.11. The van der Waals surface area contributed by atoms with Crippen molar-refractivity contribution in [2.75, 3.05) is 5.75 Å². The molecule has 0 saturated carbocycles. The van der Waals surface area contributed by atoms with E-state index in [-0.39, 0.29) is 0 Å². The Morgan fingerprint density at radius 1 is 1.50 bits per heavy atom. The number of carbonyl (C=O) groups is 1. The molecule has 1 aromatic carbocycles. The fraction of sp³-hybridized carbons (Fsp3) is 0.364. The average Bonchev–Trinajstić information content (AvgIpc) is 2.20. The molecule has 0 aliphatic heterocycles. The highest BCUT2D eigenvalue weighted by Crippen LogP contribution is 2.18. The molecule has 88 valence electrons. The van der Waals surface area contributed by atoms with E-state index in [0.717, 1.165) is 6.07 Å². The first-order chi connectivity index (χ1) is 7.50. The van der Waals surface area contributed by atoms with Gasteiger partial charge in [0.1, 0.15) is 11.6 Å². The average molecular weight is 246 g/mol. The first-order valence-corrected chi connectivity index (χ1v) is 5.90. The fourth-order valence-corrected chi connectivity index (χ4v) is 2.12. The van der Waals surface area contributed by atoms with Crippen molar-refractivity contribution >= 4 is 17.7 Å². The fourth-order valence-electron chi connectivity index (χ4n) is 1.06. The lowest BCUT2D eigenvalue weighted by Crippen LogP contribution is -2.11. The van der Waals surface area contributed by atoms with Gasteiger partial charge >= 0.3 is 5.97 Å². The molecule has 1 unspecified atom stereocenters. The summed E-state index contributed by atoms with van der Waals surface area (Å²) in [4.78, 5) is 10.5. The van der Waals surface area contributed by atoms with Crippen molar-refractivity contribution in [3.05, 3.63) is 35.4 Å². The predicted octanol–water partition coefficient (Wildman–Crippen LogP) is 2.92. The van der Waals surface area contributed by atoms with Crippen LogP contribution in [0.5, 0.6) is 0 Å². The minimum absolute atomic E-state index is 0.351. The quantitative estimate of drug-likeness (QED) is 0.868. The molecule has 1 N–H and O–H groups in total. The van der Waals surface area contributed by atoms with Gasteiger partial charge in [-0.2, -0.15) is 11.8 Å². The van der Waals surface area contributed by atoms with Crippen LogP contribution >= 0.6 is 11.8 Å². The van der Waals surface area contributed by atoms with Crippen molar-refractivity contribution in [1.29, 1.82) is 0 Å². The summed E-state index contributed by atoms with van der Waals surface area (Å²) in [6.45, 7) is 1.59. The molecule has 0 saturated heterocycles. The number of carboxylic acids is 1. The van der Waals surface area contributed by atoms with Gasteiger partial charge < -0.3 is 5.11 Å². The topological polar surface area (TPSA) is 37.3 Å². The van der Waals surface area contributed by atoms with E-state index in [0.29, 0.717) is 17.1 Å². The molecule has 1 aromatic rings. The van der Waals surface area contributed by atoms with Crippen molar-refractivity contribution in [1.82, 2.24) is 0 Å². The van der Waals surface area contributed by atoms with Crippen LogP contribution in [-0.2, 0) is 10.5 Å². The molecular weight excluding hydrogens is 234 g/mol.